The number of hydrogen-bond donors (Lipinski definition) is 0. The normalized spacial score (nSPS) is 21.1. The van der Waals surface area contributed by atoms with Crippen LogP contribution < -0.4 is 4.74 Å². The van der Waals surface area contributed by atoms with Gasteiger partial charge in [-0.15, -0.1) is 0 Å². The van der Waals surface area contributed by atoms with Gasteiger partial charge in [0, 0.05) is 11.4 Å². The lowest BCUT2D eigenvalue weighted by molar-refractivity contribution is 0.0546. The molecule has 2 nitrogen and oxygen atoms in total. The monoisotopic (exact) mass is 390 g/mol. The molecule has 1 heterocycles. The van der Waals surface area contributed by atoms with E-state index in [2.05, 4.69) is 50.9 Å². The summed E-state index contributed by atoms with van der Waals surface area (Å²) in [4.78, 5) is 0.351. The number of halogens is 2. The number of hydrogen-bond acceptors (Lipinski definition) is 2. The summed E-state index contributed by atoms with van der Waals surface area (Å²) >= 11 is 7.41. The maximum Gasteiger partial charge on any atom is 0.133 e. The van der Waals surface area contributed by atoms with Crippen LogP contribution in [0.1, 0.15) is 36.6 Å². The smallest absolute Gasteiger partial charge is 0.133 e. The molecular formula is C15H20Br2O2. The zero-order valence-corrected chi connectivity index (χ0v) is 14.4. The maximum atomic E-state index is 5.68. The summed E-state index contributed by atoms with van der Waals surface area (Å²) in [6.07, 6.45) is 3.40. The Balaban J connectivity index is 2.05. The Morgan fingerprint density at radius 3 is 2.95 bits per heavy atom. The van der Waals surface area contributed by atoms with Gasteiger partial charge in [-0.3, -0.25) is 0 Å². The molecule has 1 aromatic carbocycles. The first-order valence-corrected chi connectivity index (χ1v) is 8.57. The lowest BCUT2D eigenvalue weighted by Gasteiger charge is -2.27. The first-order chi connectivity index (χ1) is 9.22. The van der Waals surface area contributed by atoms with Gasteiger partial charge < -0.3 is 9.47 Å². The molecule has 1 aromatic rings. The van der Waals surface area contributed by atoms with Crippen molar-refractivity contribution in [2.75, 3.05) is 19.8 Å². The Bertz CT molecular complexity index is 403. The second-order valence-corrected chi connectivity index (χ2v) is 6.76. The average molecular weight is 392 g/mol. The lowest BCUT2D eigenvalue weighted by Crippen LogP contribution is -2.21. The highest BCUT2D eigenvalue weighted by Crippen LogP contribution is 2.38. The predicted octanol–water partition coefficient (Wildman–Crippen LogP) is 5.10. The quantitative estimate of drug-likeness (QED) is 0.650. The zero-order valence-electron chi connectivity index (χ0n) is 11.2. The summed E-state index contributed by atoms with van der Waals surface area (Å²) in [5.74, 6) is 1.48. The van der Waals surface area contributed by atoms with Gasteiger partial charge in [-0.2, -0.15) is 0 Å². The molecule has 2 atom stereocenters. The molecule has 0 spiro atoms. The molecule has 1 fully saturated rings. The summed E-state index contributed by atoms with van der Waals surface area (Å²) in [6.45, 7) is 4.62. The molecule has 0 radical (unpaired) electrons. The van der Waals surface area contributed by atoms with Gasteiger partial charge in [0.15, 0.2) is 0 Å². The van der Waals surface area contributed by atoms with Crippen LogP contribution >= 0.6 is 31.9 Å². The van der Waals surface area contributed by atoms with Gasteiger partial charge >= 0.3 is 0 Å². The highest BCUT2D eigenvalue weighted by atomic mass is 79.9. The second-order valence-electron chi connectivity index (χ2n) is 4.92. The number of benzene rings is 1. The van der Waals surface area contributed by atoms with E-state index in [9.17, 15) is 0 Å². The molecule has 0 N–H and O–H groups in total. The summed E-state index contributed by atoms with van der Waals surface area (Å²) in [7, 11) is 0. The molecule has 2 rings (SSSR count). The minimum atomic E-state index is 0.351. The fraction of sp³-hybridized carbons (Fsp3) is 0.600. The first kappa shape index (κ1) is 15.3. The summed E-state index contributed by atoms with van der Waals surface area (Å²) < 4.78 is 12.3. The Kier molecular flexibility index (Phi) is 6.17. The average Bonchev–Trinajstić information content (AvgIpc) is 2.46. The van der Waals surface area contributed by atoms with E-state index in [0.29, 0.717) is 10.7 Å². The van der Waals surface area contributed by atoms with Crippen molar-refractivity contribution in [2.24, 2.45) is 5.92 Å². The van der Waals surface area contributed by atoms with E-state index in [0.717, 1.165) is 42.9 Å². The standard InChI is InChI=1S/C15H20Br2O2/c1-2-7-19-14-6-5-11(9-13(14)16)15(17)12-4-3-8-18-10-12/h5-6,9,12,15H,2-4,7-8,10H2,1H3. The van der Waals surface area contributed by atoms with Gasteiger partial charge in [0.25, 0.3) is 0 Å². The molecule has 4 heteroatoms. The van der Waals surface area contributed by atoms with E-state index in [-0.39, 0.29) is 0 Å². The molecule has 2 unspecified atom stereocenters. The predicted molar refractivity (Wildman–Crippen MR) is 85.1 cm³/mol. The highest BCUT2D eigenvalue weighted by Gasteiger charge is 2.23. The van der Waals surface area contributed by atoms with Crippen molar-refractivity contribution in [3.63, 3.8) is 0 Å². The third-order valence-electron chi connectivity index (χ3n) is 3.35. The minimum Gasteiger partial charge on any atom is -0.492 e. The van der Waals surface area contributed by atoms with Gasteiger partial charge in [0.2, 0.25) is 0 Å². The van der Waals surface area contributed by atoms with Crippen LogP contribution in [0.5, 0.6) is 5.75 Å². The van der Waals surface area contributed by atoms with Crippen molar-refractivity contribution < 1.29 is 9.47 Å². The van der Waals surface area contributed by atoms with E-state index in [1.165, 1.54) is 12.0 Å². The van der Waals surface area contributed by atoms with Crippen molar-refractivity contribution in [3.05, 3.63) is 28.2 Å². The number of alkyl halides is 1. The van der Waals surface area contributed by atoms with E-state index in [1.54, 1.807) is 0 Å². The molecule has 1 saturated heterocycles. The SMILES string of the molecule is CCCOc1ccc(C(Br)C2CCCOC2)cc1Br. The largest absolute Gasteiger partial charge is 0.492 e. The van der Waals surface area contributed by atoms with Crippen LogP contribution in [0, 0.1) is 5.92 Å². The summed E-state index contributed by atoms with van der Waals surface area (Å²) in [5.41, 5.74) is 1.28. The van der Waals surface area contributed by atoms with Gasteiger partial charge in [-0.1, -0.05) is 28.9 Å². The molecule has 0 aromatic heterocycles. The molecule has 0 bridgehead atoms. The highest BCUT2D eigenvalue weighted by molar-refractivity contribution is 9.10. The van der Waals surface area contributed by atoms with Gasteiger partial charge in [-0.05, 0) is 58.8 Å². The van der Waals surface area contributed by atoms with Crippen molar-refractivity contribution in [2.45, 2.75) is 31.0 Å². The van der Waals surface area contributed by atoms with Crippen LogP contribution in [-0.2, 0) is 4.74 Å². The summed E-state index contributed by atoms with van der Waals surface area (Å²) in [5, 5.41) is 0. The minimum absolute atomic E-state index is 0.351. The molecule has 106 valence electrons. The maximum absolute atomic E-state index is 5.68. The van der Waals surface area contributed by atoms with Crippen LogP contribution in [0.25, 0.3) is 0 Å². The van der Waals surface area contributed by atoms with Crippen molar-refractivity contribution in [1.29, 1.82) is 0 Å². The van der Waals surface area contributed by atoms with E-state index in [4.69, 9.17) is 9.47 Å². The van der Waals surface area contributed by atoms with Crippen LogP contribution in [0.15, 0.2) is 22.7 Å². The fourth-order valence-electron chi connectivity index (χ4n) is 2.29. The Morgan fingerprint density at radius 2 is 2.32 bits per heavy atom. The Hall–Kier alpha value is -0.0600. The van der Waals surface area contributed by atoms with Crippen molar-refractivity contribution in [1.82, 2.24) is 0 Å². The van der Waals surface area contributed by atoms with Crippen molar-refractivity contribution >= 4 is 31.9 Å². The van der Waals surface area contributed by atoms with Crippen LogP contribution in [0.2, 0.25) is 0 Å². The van der Waals surface area contributed by atoms with E-state index in [1.807, 2.05) is 6.07 Å². The molecule has 0 amide bonds. The molecule has 1 aliphatic rings. The van der Waals surface area contributed by atoms with Gasteiger partial charge in [0.05, 0.1) is 17.7 Å². The van der Waals surface area contributed by atoms with Gasteiger partial charge in [0.1, 0.15) is 5.75 Å². The van der Waals surface area contributed by atoms with E-state index < -0.39 is 0 Å². The number of ether oxygens (including phenoxy) is 2. The fourth-order valence-corrected chi connectivity index (χ4v) is 3.50. The third kappa shape index (κ3) is 4.20. The van der Waals surface area contributed by atoms with Crippen molar-refractivity contribution in [3.8, 4) is 5.75 Å². The Morgan fingerprint density at radius 1 is 1.47 bits per heavy atom. The zero-order chi connectivity index (χ0) is 13.7. The lowest BCUT2D eigenvalue weighted by atomic mass is 9.94. The third-order valence-corrected chi connectivity index (χ3v) is 5.24. The molecular weight excluding hydrogens is 372 g/mol. The van der Waals surface area contributed by atoms with Gasteiger partial charge in [-0.25, -0.2) is 0 Å². The molecule has 0 aliphatic carbocycles. The summed E-state index contributed by atoms with van der Waals surface area (Å²) in [6, 6.07) is 6.34. The number of rotatable bonds is 5. The van der Waals surface area contributed by atoms with E-state index >= 15 is 0 Å². The molecule has 1 aliphatic heterocycles. The Labute approximate surface area is 132 Å². The molecule has 0 saturated carbocycles. The topological polar surface area (TPSA) is 18.5 Å². The van der Waals surface area contributed by atoms with Crippen LogP contribution in [-0.4, -0.2) is 19.8 Å². The second kappa shape index (κ2) is 7.65. The van der Waals surface area contributed by atoms with Crippen LogP contribution in [0.4, 0.5) is 0 Å². The molecule has 19 heavy (non-hydrogen) atoms. The first-order valence-electron chi connectivity index (χ1n) is 6.86. The van der Waals surface area contributed by atoms with Crippen LogP contribution in [0.3, 0.4) is 0 Å².